The Hall–Kier alpha value is -1.69. The number of halogens is 2. The molecule has 0 amide bonds. The van der Waals surface area contributed by atoms with Crippen LogP contribution in [0, 0.1) is 5.92 Å². The molecule has 18 heavy (non-hydrogen) atoms. The first-order valence-electron chi connectivity index (χ1n) is 5.46. The Bertz CT molecular complexity index is 407. The zero-order chi connectivity index (χ0) is 13.1. The van der Waals surface area contributed by atoms with Gasteiger partial charge in [-0.3, -0.25) is 0 Å². The third-order valence-electron chi connectivity index (χ3n) is 2.71. The third kappa shape index (κ3) is 3.40. The van der Waals surface area contributed by atoms with Crippen molar-refractivity contribution >= 4 is 5.97 Å². The summed E-state index contributed by atoms with van der Waals surface area (Å²) >= 11 is 0. The predicted octanol–water partition coefficient (Wildman–Crippen LogP) is 2.39. The molecule has 98 valence electrons. The molecule has 1 aliphatic carbocycles. The van der Waals surface area contributed by atoms with Crippen LogP contribution in [0.5, 0.6) is 5.75 Å². The van der Waals surface area contributed by atoms with Gasteiger partial charge in [0, 0.05) is 5.92 Å². The molecule has 1 aromatic rings. The molecule has 6 heteroatoms. The zero-order valence-electron chi connectivity index (χ0n) is 9.38. The first-order valence-corrected chi connectivity index (χ1v) is 5.46. The lowest BCUT2D eigenvalue weighted by atomic mass is 10.2. The van der Waals surface area contributed by atoms with Crippen LogP contribution in [-0.4, -0.2) is 30.4 Å². The summed E-state index contributed by atoms with van der Waals surface area (Å²) in [5.74, 6) is -0.154. The Balaban J connectivity index is 0.000000194. The maximum Gasteiger partial charge on any atom is 0.387 e. The predicted molar refractivity (Wildman–Crippen MR) is 57.9 cm³/mol. The third-order valence-corrected chi connectivity index (χ3v) is 2.71. The standard InChI is InChI=1S/C8H6F2O3.C4H6O/c9-8(10)13-6-3-1-5(2-4-6)7(11)12;1-3-2-5-4(1)3/h1-4,8H,(H,11,12);3-4H,1-2H2. The van der Waals surface area contributed by atoms with Gasteiger partial charge in [0.15, 0.2) is 0 Å². The molecule has 0 bridgehead atoms. The quantitative estimate of drug-likeness (QED) is 0.904. The fourth-order valence-corrected chi connectivity index (χ4v) is 1.50. The molecular weight excluding hydrogens is 246 g/mol. The molecule has 1 aromatic carbocycles. The molecule has 2 fully saturated rings. The fraction of sp³-hybridized carbons (Fsp3) is 0.417. The van der Waals surface area contributed by atoms with Crippen LogP contribution in [0.25, 0.3) is 0 Å². The maximum atomic E-state index is 11.6. The topological polar surface area (TPSA) is 55.8 Å². The highest BCUT2D eigenvalue weighted by Gasteiger charge is 2.46. The van der Waals surface area contributed by atoms with Gasteiger partial charge in [0.2, 0.25) is 0 Å². The smallest absolute Gasteiger partial charge is 0.387 e. The minimum Gasteiger partial charge on any atom is -0.478 e. The lowest BCUT2D eigenvalue weighted by Crippen LogP contribution is -2.12. The van der Waals surface area contributed by atoms with Crippen molar-refractivity contribution in [1.29, 1.82) is 0 Å². The van der Waals surface area contributed by atoms with E-state index in [1.54, 1.807) is 0 Å². The number of aromatic carboxylic acids is 1. The molecule has 1 heterocycles. The highest BCUT2D eigenvalue weighted by atomic mass is 19.3. The number of benzene rings is 1. The highest BCUT2D eigenvalue weighted by Crippen LogP contribution is 2.42. The SMILES string of the molecule is C1OC2CC12.O=C(O)c1ccc(OC(F)F)cc1. The van der Waals surface area contributed by atoms with E-state index in [1.165, 1.54) is 30.7 Å². The number of rotatable bonds is 3. The van der Waals surface area contributed by atoms with Crippen molar-refractivity contribution in [3.8, 4) is 5.75 Å². The summed E-state index contributed by atoms with van der Waals surface area (Å²) in [6, 6.07) is 4.74. The van der Waals surface area contributed by atoms with Crippen molar-refractivity contribution in [3.05, 3.63) is 29.8 Å². The molecule has 1 saturated carbocycles. The summed E-state index contributed by atoms with van der Waals surface area (Å²) in [7, 11) is 0. The van der Waals surface area contributed by atoms with E-state index in [1.807, 2.05) is 0 Å². The number of ether oxygens (including phenoxy) is 2. The van der Waals surface area contributed by atoms with Crippen molar-refractivity contribution in [1.82, 2.24) is 0 Å². The minimum atomic E-state index is -2.89. The van der Waals surface area contributed by atoms with Crippen molar-refractivity contribution in [2.24, 2.45) is 5.92 Å². The molecule has 4 nitrogen and oxygen atoms in total. The van der Waals surface area contributed by atoms with Crippen molar-refractivity contribution in [3.63, 3.8) is 0 Å². The van der Waals surface area contributed by atoms with Crippen LogP contribution >= 0.6 is 0 Å². The number of hydrogen-bond donors (Lipinski definition) is 1. The number of carbonyl (C=O) groups is 1. The molecule has 1 aliphatic heterocycles. The molecule has 0 spiro atoms. The number of fused-ring (bicyclic) bond motifs is 1. The van der Waals surface area contributed by atoms with Gasteiger partial charge in [-0.25, -0.2) is 4.79 Å². The van der Waals surface area contributed by atoms with Crippen LogP contribution in [0.2, 0.25) is 0 Å². The first kappa shape index (κ1) is 12.8. The maximum absolute atomic E-state index is 11.6. The summed E-state index contributed by atoms with van der Waals surface area (Å²) in [5, 5.41) is 8.47. The first-order chi connectivity index (χ1) is 8.56. The van der Waals surface area contributed by atoms with E-state index in [9.17, 15) is 13.6 Å². The monoisotopic (exact) mass is 258 g/mol. The van der Waals surface area contributed by atoms with Gasteiger partial charge in [0.1, 0.15) is 5.75 Å². The summed E-state index contributed by atoms with van der Waals surface area (Å²) in [4.78, 5) is 10.3. The van der Waals surface area contributed by atoms with Gasteiger partial charge < -0.3 is 14.6 Å². The molecule has 3 rings (SSSR count). The van der Waals surface area contributed by atoms with E-state index in [2.05, 4.69) is 4.74 Å². The minimum absolute atomic E-state index is 0.0293. The van der Waals surface area contributed by atoms with Gasteiger partial charge in [0.05, 0.1) is 18.3 Å². The van der Waals surface area contributed by atoms with Gasteiger partial charge in [-0.1, -0.05) is 0 Å². The Morgan fingerprint density at radius 1 is 1.39 bits per heavy atom. The van der Waals surface area contributed by atoms with Crippen molar-refractivity contribution < 1.29 is 28.2 Å². The van der Waals surface area contributed by atoms with Gasteiger partial charge in [0.25, 0.3) is 0 Å². The van der Waals surface area contributed by atoms with Crippen LogP contribution in [0.3, 0.4) is 0 Å². The van der Waals surface area contributed by atoms with Crippen LogP contribution in [0.15, 0.2) is 24.3 Å². The van der Waals surface area contributed by atoms with Crippen LogP contribution < -0.4 is 4.74 Å². The number of hydrogen-bond acceptors (Lipinski definition) is 3. The molecule has 1 N–H and O–H groups in total. The molecule has 1 saturated heterocycles. The lowest BCUT2D eigenvalue weighted by Gasteiger charge is -2.08. The van der Waals surface area contributed by atoms with Crippen molar-refractivity contribution in [2.45, 2.75) is 19.1 Å². The second-order valence-corrected chi connectivity index (χ2v) is 4.08. The summed E-state index contributed by atoms with van der Waals surface area (Å²) < 4.78 is 32.3. The molecule has 2 aliphatic rings. The van der Waals surface area contributed by atoms with Gasteiger partial charge in [-0.2, -0.15) is 8.78 Å². The van der Waals surface area contributed by atoms with Crippen LogP contribution in [0.1, 0.15) is 16.8 Å². The average molecular weight is 258 g/mol. The van der Waals surface area contributed by atoms with Crippen LogP contribution in [-0.2, 0) is 4.74 Å². The van der Waals surface area contributed by atoms with Gasteiger partial charge in [-0.15, -0.1) is 0 Å². The van der Waals surface area contributed by atoms with E-state index < -0.39 is 12.6 Å². The Kier molecular flexibility index (Phi) is 3.76. The lowest BCUT2D eigenvalue weighted by molar-refractivity contribution is -0.0498. The Labute approximate surface area is 102 Å². The summed E-state index contributed by atoms with van der Waals surface area (Å²) in [6.45, 7) is -1.83. The summed E-state index contributed by atoms with van der Waals surface area (Å²) in [6.07, 6.45) is 2.09. The van der Waals surface area contributed by atoms with Crippen LogP contribution in [0.4, 0.5) is 8.78 Å². The molecule has 2 unspecified atom stereocenters. The summed E-state index contributed by atoms with van der Waals surface area (Å²) in [5.41, 5.74) is 0.0293. The largest absolute Gasteiger partial charge is 0.478 e. The highest BCUT2D eigenvalue weighted by molar-refractivity contribution is 5.87. The number of carboxylic acid groups (broad SMARTS) is 1. The Morgan fingerprint density at radius 2 is 2.00 bits per heavy atom. The zero-order valence-corrected chi connectivity index (χ0v) is 9.38. The molecular formula is C12H12F2O4. The Morgan fingerprint density at radius 3 is 2.28 bits per heavy atom. The van der Waals surface area contributed by atoms with Gasteiger partial charge in [-0.05, 0) is 30.7 Å². The van der Waals surface area contributed by atoms with E-state index in [0.717, 1.165) is 18.6 Å². The van der Waals surface area contributed by atoms with E-state index in [0.29, 0.717) is 0 Å². The van der Waals surface area contributed by atoms with E-state index in [-0.39, 0.29) is 11.3 Å². The number of carboxylic acids is 1. The second-order valence-electron chi connectivity index (χ2n) is 4.08. The van der Waals surface area contributed by atoms with Crippen molar-refractivity contribution in [2.75, 3.05) is 6.61 Å². The number of alkyl halides is 2. The normalized spacial score (nSPS) is 23.3. The van der Waals surface area contributed by atoms with E-state index >= 15 is 0 Å². The molecule has 0 radical (unpaired) electrons. The van der Waals surface area contributed by atoms with Gasteiger partial charge >= 0.3 is 12.6 Å². The molecule has 0 aromatic heterocycles. The molecule has 2 atom stereocenters. The fourth-order valence-electron chi connectivity index (χ4n) is 1.50. The average Bonchev–Trinajstić information content (AvgIpc) is 2.86. The second kappa shape index (κ2) is 5.30. The van der Waals surface area contributed by atoms with E-state index in [4.69, 9.17) is 9.84 Å².